The Hall–Kier alpha value is -0.680. The van der Waals surface area contributed by atoms with Gasteiger partial charge < -0.3 is 5.32 Å². The Kier molecular flexibility index (Phi) is 5.02. The molecule has 2 rings (SSSR count). The van der Waals surface area contributed by atoms with Gasteiger partial charge in [0.05, 0.1) is 10.6 Å². The number of halogens is 5. The lowest BCUT2D eigenvalue weighted by atomic mass is 9.86. The average molecular weight is 327 g/mol. The summed E-state index contributed by atoms with van der Waals surface area (Å²) in [6, 6.07) is 1.01. The van der Waals surface area contributed by atoms with Gasteiger partial charge in [-0.3, -0.25) is 0 Å². The molecule has 20 heavy (non-hydrogen) atoms. The average Bonchev–Trinajstić information content (AvgIpc) is 2.40. The molecule has 1 fully saturated rings. The summed E-state index contributed by atoms with van der Waals surface area (Å²) in [4.78, 5) is 3.80. The number of pyridine rings is 1. The lowest BCUT2D eigenvalue weighted by molar-refractivity contribution is -0.137. The minimum Gasteiger partial charge on any atom is -0.366 e. The SMILES string of the molecule is FC(F)(F)c1cnc(NC2CCCCC2CCl)c(Cl)c1. The third kappa shape index (κ3) is 3.70. The molecule has 0 radical (unpaired) electrons. The van der Waals surface area contributed by atoms with E-state index in [1.807, 2.05) is 0 Å². The van der Waals surface area contributed by atoms with E-state index < -0.39 is 11.7 Å². The number of alkyl halides is 4. The first-order chi connectivity index (χ1) is 9.41. The first-order valence-electron chi connectivity index (χ1n) is 6.47. The topological polar surface area (TPSA) is 24.9 Å². The van der Waals surface area contributed by atoms with Crippen molar-refractivity contribution in [1.82, 2.24) is 4.98 Å². The summed E-state index contributed by atoms with van der Waals surface area (Å²) in [6.07, 6.45) is 0.508. The zero-order valence-electron chi connectivity index (χ0n) is 10.7. The molecule has 1 aliphatic rings. The van der Waals surface area contributed by atoms with Gasteiger partial charge in [-0.1, -0.05) is 24.4 Å². The van der Waals surface area contributed by atoms with E-state index >= 15 is 0 Å². The molecule has 1 saturated carbocycles. The van der Waals surface area contributed by atoms with Crippen molar-refractivity contribution in [3.8, 4) is 0 Å². The highest BCUT2D eigenvalue weighted by Gasteiger charge is 2.32. The zero-order valence-corrected chi connectivity index (χ0v) is 12.2. The number of aromatic nitrogens is 1. The third-order valence-corrected chi connectivity index (χ3v) is 4.28. The highest BCUT2D eigenvalue weighted by Crippen LogP contribution is 2.34. The molecule has 0 aromatic carbocycles. The summed E-state index contributed by atoms with van der Waals surface area (Å²) in [6.45, 7) is 0. The van der Waals surface area contributed by atoms with Gasteiger partial charge in [-0.15, -0.1) is 11.6 Å². The molecule has 7 heteroatoms. The summed E-state index contributed by atoms with van der Waals surface area (Å²) in [5.41, 5.74) is -0.842. The van der Waals surface area contributed by atoms with E-state index in [2.05, 4.69) is 10.3 Å². The summed E-state index contributed by atoms with van der Waals surface area (Å²) in [7, 11) is 0. The highest BCUT2D eigenvalue weighted by atomic mass is 35.5. The Labute approximate surface area is 125 Å². The number of anilines is 1. The van der Waals surface area contributed by atoms with Gasteiger partial charge in [0.1, 0.15) is 5.82 Å². The number of hydrogen-bond donors (Lipinski definition) is 1. The van der Waals surface area contributed by atoms with Crippen LogP contribution in [0.1, 0.15) is 31.2 Å². The van der Waals surface area contributed by atoms with E-state index in [1.54, 1.807) is 0 Å². The van der Waals surface area contributed by atoms with Gasteiger partial charge in [0.25, 0.3) is 0 Å². The van der Waals surface area contributed by atoms with E-state index in [0.29, 0.717) is 17.6 Å². The minimum absolute atomic E-state index is 0.0151. The Morgan fingerprint density at radius 1 is 1.30 bits per heavy atom. The highest BCUT2D eigenvalue weighted by molar-refractivity contribution is 6.33. The van der Waals surface area contributed by atoms with Crippen LogP contribution < -0.4 is 5.32 Å². The fourth-order valence-corrected chi connectivity index (χ4v) is 3.05. The van der Waals surface area contributed by atoms with Crippen molar-refractivity contribution < 1.29 is 13.2 Å². The maximum absolute atomic E-state index is 12.5. The molecule has 0 spiro atoms. The van der Waals surface area contributed by atoms with Crippen molar-refractivity contribution in [2.45, 2.75) is 37.9 Å². The molecule has 2 atom stereocenters. The van der Waals surface area contributed by atoms with E-state index in [9.17, 15) is 13.2 Å². The Morgan fingerprint density at radius 2 is 2.00 bits per heavy atom. The zero-order chi connectivity index (χ0) is 14.8. The van der Waals surface area contributed by atoms with Crippen molar-refractivity contribution in [3.05, 3.63) is 22.8 Å². The van der Waals surface area contributed by atoms with Gasteiger partial charge in [-0.25, -0.2) is 4.98 Å². The molecule has 1 aromatic heterocycles. The van der Waals surface area contributed by atoms with Crippen LogP contribution in [0.5, 0.6) is 0 Å². The van der Waals surface area contributed by atoms with Crippen LogP contribution in [0.15, 0.2) is 12.3 Å². The fourth-order valence-electron chi connectivity index (χ4n) is 2.46. The van der Waals surface area contributed by atoms with Crippen LogP contribution in [-0.2, 0) is 6.18 Å². The van der Waals surface area contributed by atoms with Crippen molar-refractivity contribution >= 4 is 29.0 Å². The van der Waals surface area contributed by atoms with E-state index in [4.69, 9.17) is 23.2 Å². The largest absolute Gasteiger partial charge is 0.417 e. The van der Waals surface area contributed by atoms with Crippen LogP contribution in [0.4, 0.5) is 19.0 Å². The van der Waals surface area contributed by atoms with Crippen LogP contribution >= 0.6 is 23.2 Å². The first-order valence-corrected chi connectivity index (χ1v) is 7.38. The number of rotatable bonds is 3. The van der Waals surface area contributed by atoms with E-state index in [0.717, 1.165) is 37.9 Å². The van der Waals surface area contributed by atoms with Crippen LogP contribution in [-0.4, -0.2) is 16.9 Å². The molecule has 0 bridgehead atoms. The van der Waals surface area contributed by atoms with Crippen LogP contribution in [0, 0.1) is 5.92 Å². The molecule has 0 amide bonds. The number of nitrogens with one attached hydrogen (secondary N) is 1. The van der Waals surface area contributed by atoms with Gasteiger partial charge in [0.15, 0.2) is 0 Å². The summed E-state index contributed by atoms with van der Waals surface area (Å²) in [5, 5.41) is 3.12. The summed E-state index contributed by atoms with van der Waals surface area (Å²) >= 11 is 11.8. The van der Waals surface area contributed by atoms with Gasteiger partial charge in [0.2, 0.25) is 0 Å². The third-order valence-electron chi connectivity index (χ3n) is 3.60. The second kappa shape index (κ2) is 6.39. The Bertz CT molecular complexity index is 465. The molecular weight excluding hydrogens is 312 g/mol. The normalized spacial score (nSPS) is 23.6. The molecule has 1 N–H and O–H groups in total. The molecule has 0 aliphatic heterocycles. The molecule has 0 saturated heterocycles. The van der Waals surface area contributed by atoms with Crippen molar-refractivity contribution in [2.75, 3.05) is 11.2 Å². The number of nitrogens with zero attached hydrogens (tertiary/aromatic N) is 1. The smallest absolute Gasteiger partial charge is 0.366 e. The second-order valence-electron chi connectivity index (χ2n) is 5.00. The molecule has 2 unspecified atom stereocenters. The molecule has 1 aromatic rings. The predicted molar refractivity (Wildman–Crippen MR) is 74.3 cm³/mol. The lowest BCUT2D eigenvalue weighted by Gasteiger charge is -2.31. The molecule has 2 nitrogen and oxygen atoms in total. The Morgan fingerprint density at radius 3 is 2.60 bits per heavy atom. The predicted octanol–water partition coefficient (Wildman–Crippen LogP) is 4.96. The summed E-state index contributed by atoms with van der Waals surface area (Å²) < 4.78 is 37.6. The minimum atomic E-state index is -4.43. The van der Waals surface area contributed by atoms with Gasteiger partial charge in [-0.2, -0.15) is 13.2 Å². The standard InChI is InChI=1S/C13H15Cl2F3N2/c14-6-8-3-1-2-4-11(8)20-12-10(15)5-9(7-19-12)13(16,17)18/h5,7-8,11H,1-4,6H2,(H,19,20). The van der Waals surface area contributed by atoms with Gasteiger partial charge in [0, 0.05) is 18.1 Å². The van der Waals surface area contributed by atoms with Gasteiger partial charge >= 0.3 is 6.18 Å². The fraction of sp³-hybridized carbons (Fsp3) is 0.615. The van der Waals surface area contributed by atoms with Crippen LogP contribution in [0.2, 0.25) is 5.02 Å². The van der Waals surface area contributed by atoms with E-state index in [1.165, 1.54) is 0 Å². The number of hydrogen-bond acceptors (Lipinski definition) is 2. The van der Waals surface area contributed by atoms with Crippen molar-refractivity contribution in [1.29, 1.82) is 0 Å². The first kappa shape index (κ1) is 15.7. The molecule has 1 aliphatic carbocycles. The molecular formula is C13H15Cl2F3N2. The monoisotopic (exact) mass is 326 g/mol. The maximum atomic E-state index is 12.5. The Balaban J connectivity index is 2.13. The van der Waals surface area contributed by atoms with E-state index in [-0.39, 0.29) is 11.1 Å². The van der Waals surface area contributed by atoms with Crippen LogP contribution in [0.3, 0.4) is 0 Å². The lowest BCUT2D eigenvalue weighted by Crippen LogP contribution is -2.33. The molecule has 1 heterocycles. The maximum Gasteiger partial charge on any atom is 0.417 e. The second-order valence-corrected chi connectivity index (χ2v) is 5.72. The van der Waals surface area contributed by atoms with Gasteiger partial charge in [-0.05, 0) is 24.8 Å². The van der Waals surface area contributed by atoms with Crippen molar-refractivity contribution in [2.24, 2.45) is 5.92 Å². The van der Waals surface area contributed by atoms with Crippen LogP contribution in [0.25, 0.3) is 0 Å². The quantitative estimate of drug-likeness (QED) is 0.794. The molecule has 112 valence electrons. The summed E-state index contributed by atoms with van der Waals surface area (Å²) in [5.74, 6) is 1.11. The van der Waals surface area contributed by atoms with Crippen molar-refractivity contribution in [3.63, 3.8) is 0 Å².